The van der Waals surface area contributed by atoms with Crippen LogP contribution >= 0.6 is 0 Å². The molecule has 0 N–H and O–H groups in total. The fourth-order valence-corrected chi connectivity index (χ4v) is 9.62. The molecule has 1 spiro atoms. The lowest BCUT2D eigenvalue weighted by Gasteiger charge is -2.44. The first-order valence-electron chi connectivity index (χ1n) is 19.1. The molecule has 0 saturated heterocycles. The van der Waals surface area contributed by atoms with E-state index in [2.05, 4.69) is 199 Å². The van der Waals surface area contributed by atoms with Crippen LogP contribution < -0.4 is 4.90 Å². The largest absolute Gasteiger partial charge is 0.278 e. The summed E-state index contributed by atoms with van der Waals surface area (Å²) >= 11 is 0. The monoisotopic (exact) mass is 712 g/mol. The van der Waals surface area contributed by atoms with E-state index in [0.717, 1.165) is 66.5 Å². The van der Waals surface area contributed by atoms with E-state index in [0.29, 0.717) is 5.95 Å². The maximum absolute atomic E-state index is 5.52. The number of anilines is 3. The van der Waals surface area contributed by atoms with Crippen LogP contribution in [0, 0.1) is 0 Å². The Bertz CT molecular complexity index is 3160. The molecule has 12 rings (SSSR count). The first-order valence-corrected chi connectivity index (χ1v) is 19.1. The van der Waals surface area contributed by atoms with Gasteiger partial charge in [0.15, 0.2) is 0 Å². The van der Waals surface area contributed by atoms with Gasteiger partial charge in [0.2, 0.25) is 5.95 Å². The van der Waals surface area contributed by atoms with E-state index in [1.807, 2.05) is 0 Å². The number of para-hydroxylation sites is 3. The molecule has 260 valence electrons. The van der Waals surface area contributed by atoms with Gasteiger partial charge in [-0.3, -0.25) is 4.90 Å². The summed E-state index contributed by atoms with van der Waals surface area (Å²) in [6.45, 7) is 0. The number of nitrogens with zero attached hydrogens (tertiary/aromatic N) is 4. The molecule has 4 heteroatoms. The van der Waals surface area contributed by atoms with E-state index < -0.39 is 5.41 Å². The summed E-state index contributed by atoms with van der Waals surface area (Å²) < 4.78 is 0. The van der Waals surface area contributed by atoms with E-state index in [1.165, 1.54) is 33.4 Å². The predicted octanol–water partition coefficient (Wildman–Crippen LogP) is 12.8. The molecule has 56 heavy (non-hydrogen) atoms. The molecule has 0 fully saturated rings. The highest BCUT2D eigenvalue weighted by Crippen LogP contribution is 2.65. The first-order chi connectivity index (χ1) is 27.8. The standard InChI is InChI=1S/C52H32N4/c1-3-18-34(19-4-1)48-39-32-31-33-17-7-8-22-36(33)50(39)55-51(54-48)56-44-29-15-12-26-41(44)52(42-27-13-16-30-45(42)56)40-25-11-9-23-37(40)46-47(52)38-24-10-14-28-43(38)53-49(46)35-20-5-2-6-21-35/h1-32H. The minimum absolute atomic E-state index is 0.638. The zero-order valence-corrected chi connectivity index (χ0v) is 30.3. The van der Waals surface area contributed by atoms with Crippen molar-refractivity contribution in [3.8, 4) is 33.6 Å². The van der Waals surface area contributed by atoms with Gasteiger partial charge < -0.3 is 0 Å². The van der Waals surface area contributed by atoms with E-state index in [1.54, 1.807) is 0 Å². The van der Waals surface area contributed by atoms with E-state index in [4.69, 9.17) is 15.0 Å². The van der Waals surface area contributed by atoms with Gasteiger partial charge in [0.1, 0.15) is 0 Å². The predicted molar refractivity (Wildman–Crippen MR) is 229 cm³/mol. The van der Waals surface area contributed by atoms with Crippen LogP contribution in [-0.4, -0.2) is 15.0 Å². The van der Waals surface area contributed by atoms with Crippen molar-refractivity contribution in [3.63, 3.8) is 0 Å². The Balaban J connectivity index is 1.22. The minimum Gasteiger partial charge on any atom is -0.278 e. The van der Waals surface area contributed by atoms with Gasteiger partial charge in [-0.15, -0.1) is 0 Å². The number of hydrogen-bond donors (Lipinski definition) is 0. The summed E-state index contributed by atoms with van der Waals surface area (Å²) in [5.74, 6) is 0.638. The molecular formula is C52H32N4. The van der Waals surface area contributed by atoms with Gasteiger partial charge in [0.25, 0.3) is 0 Å². The molecule has 8 aromatic carbocycles. The van der Waals surface area contributed by atoms with Crippen LogP contribution in [0.2, 0.25) is 0 Å². The third-order valence-corrected chi connectivity index (χ3v) is 11.8. The van der Waals surface area contributed by atoms with Gasteiger partial charge in [0, 0.05) is 32.8 Å². The van der Waals surface area contributed by atoms with E-state index in [-0.39, 0.29) is 0 Å². The number of hydrogen-bond acceptors (Lipinski definition) is 4. The van der Waals surface area contributed by atoms with Crippen LogP contribution in [0.15, 0.2) is 194 Å². The summed E-state index contributed by atoms with van der Waals surface area (Å²) in [5, 5.41) is 4.43. The van der Waals surface area contributed by atoms with Crippen molar-refractivity contribution >= 4 is 49.9 Å². The Morgan fingerprint density at radius 3 is 1.70 bits per heavy atom. The van der Waals surface area contributed by atoms with Crippen molar-refractivity contribution in [2.45, 2.75) is 5.41 Å². The van der Waals surface area contributed by atoms with Crippen molar-refractivity contribution < 1.29 is 0 Å². The second-order valence-corrected chi connectivity index (χ2v) is 14.7. The smallest absolute Gasteiger partial charge is 0.235 e. The highest BCUT2D eigenvalue weighted by atomic mass is 15.3. The molecule has 0 saturated carbocycles. The quantitative estimate of drug-likeness (QED) is 0.171. The lowest BCUT2D eigenvalue weighted by Crippen LogP contribution is -2.36. The maximum atomic E-state index is 5.52. The van der Waals surface area contributed by atoms with Gasteiger partial charge in [-0.25, -0.2) is 15.0 Å². The molecule has 0 unspecified atom stereocenters. The number of fused-ring (bicyclic) bond motifs is 14. The molecule has 0 radical (unpaired) electrons. The van der Waals surface area contributed by atoms with Crippen molar-refractivity contribution in [2.75, 3.05) is 4.90 Å². The molecule has 2 aromatic heterocycles. The Morgan fingerprint density at radius 2 is 0.964 bits per heavy atom. The van der Waals surface area contributed by atoms with Crippen LogP contribution in [0.1, 0.15) is 22.3 Å². The lowest BCUT2D eigenvalue weighted by molar-refractivity contribution is 0.756. The third-order valence-electron chi connectivity index (χ3n) is 11.8. The average Bonchev–Trinajstić information content (AvgIpc) is 3.58. The fraction of sp³-hybridized carbons (Fsp3) is 0.0192. The number of pyridine rings is 1. The summed E-state index contributed by atoms with van der Waals surface area (Å²) in [6.07, 6.45) is 0. The van der Waals surface area contributed by atoms with Crippen molar-refractivity contribution in [1.82, 2.24) is 15.0 Å². The number of benzene rings is 8. The van der Waals surface area contributed by atoms with Gasteiger partial charge in [0.05, 0.1) is 39.2 Å². The number of aromatic nitrogens is 3. The molecule has 0 amide bonds. The Hall–Kier alpha value is -7.43. The zero-order valence-electron chi connectivity index (χ0n) is 30.3. The molecule has 1 aliphatic carbocycles. The summed E-state index contributed by atoms with van der Waals surface area (Å²) in [4.78, 5) is 18.8. The van der Waals surface area contributed by atoms with E-state index >= 15 is 0 Å². The number of rotatable bonds is 3. The van der Waals surface area contributed by atoms with Crippen LogP contribution in [-0.2, 0) is 5.41 Å². The maximum Gasteiger partial charge on any atom is 0.235 e. The molecule has 3 heterocycles. The zero-order chi connectivity index (χ0) is 36.8. The molecule has 4 nitrogen and oxygen atoms in total. The summed E-state index contributed by atoms with van der Waals surface area (Å²) in [7, 11) is 0. The highest BCUT2D eigenvalue weighted by Gasteiger charge is 2.53. The first kappa shape index (κ1) is 31.0. The summed E-state index contributed by atoms with van der Waals surface area (Å²) in [5.41, 5.74) is 14.7. The molecule has 1 aliphatic heterocycles. The lowest BCUT2D eigenvalue weighted by atomic mass is 9.64. The van der Waals surface area contributed by atoms with Crippen molar-refractivity contribution in [3.05, 3.63) is 216 Å². The highest BCUT2D eigenvalue weighted by molar-refractivity contribution is 6.11. The second-order valence-electron chi connectivity index (χ2n) is 14.7. The van der Waals surface area contributed by atoms with Crippen LogP contribution in [0.5, 0.6) is 0 Å². The normalized spacial score (nSPS) is 13.5. The molecule has 10 aromatic rings. The molecule has 2 aliphatic rings. The molecular weight excluding hydrogens is 681 g/mol. The Morgan fingerprint density at radius 1 is 0.393 bits per heavy atom. The topological polar surface area (TPSA) is 41.9 Å². The van der Waals surface area contributed by atoms with Crippen LogP contribution in [0.3, 0.4) is 0 Å². The summed E-state index contributed by atoms with van der Waals surface area (Å²) in [6, 6.07) is 69.4. The second kappa shape index (κ2) is 11.8. The van der Waals surface area contributed by atoms with E-state index in [9.17, 15) is 0 Å². The van der Waals surface area contributed by atoms with Gasteiger partial charge in [-0.05, 0) is 57.5 Å². The SMILES string of the molecule is c1ccc(-c2nc3ccccc3c3c2-c2ccccc2C32c3ccccc3N(c3nc(-c4ccccc4)c4ccc5ccccc5c4n3)c3ccccc32)cc1. The Kier molecular flexibility index (Phi) is 6.52. The minimum atomic E-state index is -0.659. The third kappa shape index (κ3) is 4.15. The average molecular weight is 713 g/mol. The fourth-order valence-electron chi connectivity index (χ4n) is 9.62. The van der Waals surface area contributed by atoms with Gasteiger partial charge in [-0.2, -0.15) is 0 Å². The van der Waals surface area contributed by atoms with Gasteiger partial charge >= 0.3 is 0 Å². The Labute approximate surface area is 324 Å². The van der Waals surface area contributed by atoms with Crippen LogP contribution in [0.4, 0.5) is 17.3 Å². The van der Waals surface area contributed by atoms with Crippen LogP contribution in [0.25, 0.3) is 66.2 Å². The van der Waals surface area contributed by atoms with Crippen molar-refractivity contribution in [1.29, 1.82) is 0 Å². The van der Waals surface area contributed by atoms with Gasteiger partial charge in [-0.1, -0.05) is 170 Å². The molecule has 0 bridgehead atoms. The molecule has 0 atom stereocenters. The van der Waals surface area contributed by atoms with Crippen molar-refractivity contribution in [2.24, 2.45) is 0 Å².